The van der Waals surface area contributed by atoms with Gasteiger partial charge < -0.3 is 10.6 Å². The lowest BCUT2D eigenvalue weighted by atomic mass is 10.2. The van der Waals surface area contributed by atoms with Crippen LogP contribution in [0.15, 0.2) is 12.2 Å². The van der Waals surface area contributed by atoms with Gasteiger partial charge in [0, 0.05) is 18.8 Å². The second-order valence-electron chi connectivity index (χ2n) is 4.07. The van der Waals surface area contributed by atoms with Crippen molar-refractivity contribution >= 4 is 11.7 Å². The molecule has 1 heterocycles. The molecule has 5 nitrogen and oxygen atoms in total. The van der Waals surface area contributed by atoms with E-state index < -0.39 is 0 Å². The summed E-state index contributed by atoms with van der Waals surface area (Å²) in [5, 5.41) is 5.73. The Bertz CT molecular complexity index is 283. The molecule has 0 aliphatic carbocycles. The summed E-state index contributed by atoms with van der Waals surface area (Å²) in [4.78, 5) is 24.7. The largest absolute Gasteiger partial charge is 0.345 e. The quantitative estimate of drug-likeness (QED) is 0.619. The zero-order valence-corrected chi connectivity index (χ0v) is 9.71. The van der Waals surface area contributed by atoms with E-state index in [1.807, 2.05) is 4.90 Å². The van der Waals surface area contributed by atoms with Crippen molar-refractivity contribution in [3.05, 3.63) is 12.2 Å². The minimum absolute atomic E-state index is 0.0262. The van der Waals surface area contributed by atoms with Gasteiger partial charge in [0.05, 0.1) is 13.1 Å². The van der Waals surface area contributed by atoms with Gasteiger partial charge in [-0.3, -0.25) is 14.5 Å². The lowest BCUT2D eigenvalue weighted by Gasteiger charge is -2.26. The molecule has 1 rings (SSSR count). The molecule has 90 valence electrons. The molecule has 0 aromatic heterocycles. The lowest BCUT2D eigenvalue weighted by Crippen LogP contribution is -2.45. The third-order valence-corrected chi connectivity index (χ3v) is 2.40. The zero-order valence-electron chi connectivity index (χ0n) is 9.71. The summed E-state index contributed by atoms with van der Waals surface area (Å²) >= 11 is 0. The summed E-state index contributed by atoms with van der Waals surface area (Å²) in [6.45, 7) is 8.30. The van der Waals surface area contributed by atoms with Crippen LogP contribution in [0.25, 0.3) is 0 Å². The van der Waals surface area contributed by atoms with Crippen LogP contribution in [0.1, 0.15) is 13.3 Å². The van der Waals surface area contributed by atoms with E-state index in [0.717, 1.165) is 26.2 Å². The number of amides is 1. The Morgan fingerprint density at radius 2 is 2.25 bits per heavy atom. The molecular weight excluding hydrogens is 206 g/mol. The van der Waals surface area contributed by atoms with Gasteiger partial charge in [-0.05, 0) is 19.9 Å². The number of carbonyl (C=O) groups is 2. The van der Waals surface area contributed by atoms with Crippen molar-refractivity contribution in [2.45, 2.75) is 13.3 Å². The van der Waals surface area contributed by atoms with Crippen molar-refractivity contribution in [1.82, 2.24) is 15.5 Å². The molecule has 1 aliphatic heterocycles. The normalized spacial score (nSPS) is 16.8. The highest BCUT2D eigenvalue weighted by Gasteiger charge is 2.13. The first-order valence-electron chi connectivity index (χ1n) is 5.48. The number of hydrogen-bond donors (Lipinski definition) is 2. The first-order valence-corrected chi connectivity index (χ1v) is 5.48. The van der Waals surface area contributed by atoms with Crippen molar-refractivity contribution in [1.29, 1.82) is 0 Å². The molecule has 0 unspecified atom stereocenters. The summed E-state index contributed by atoms with van der Waals surface area (Å²) in [7, 11) is 0. The highest BCUT2D eigenvalue weighted by Crippen LogP contribution is 1.95. The molecule has 0 aromatic carbocycles. The lowest BCUT2D eigenvalue weighted by molar-refractivity contribution is -0.123. The number of hydrogen-bond acceptors (Lipinski definition) is 4. The Kier molecular flexibility index (Phi) is 5.14. The summed E-state index contributed by atoms with van der Waals surface area (Å²) in [5.74, 6) is -0.233. The average Bonchev–Trinajstić information content (AvgIpc) is 2.27. The summed E-state index contributed by atoms with van der Waals surface area (Å²) < 4.78 is 0. The van der Waals surface area contributed by atoms with Gasteiger partial charge in [0.1, 0.15) is 0 Å². The van der Waals surface area contributed by atoms with E-state index in [4.69, 9.17) is 0 Å². The van der Waals surface area contributed by atoms with Crippen LogP contribution in [-0.4, -0.2) is 49.4 Å². The van der Waals surface area contributed by atoms with E-state index in [-0.39, 0.29) is 18.2 Å². The molecule has 0 atom stereocenters. The third kappa shape index (κ3) is 4.55. The van der Waals surface area contributed by atoms with E-state index >= 15 is 0 Å². The first kappa shape index (κ1) is 12.9. The summed E-state index contributed by atoms with van der Waals surface area (Å²) in [5.41, 5.74) is 0.424. The molecular formula is C11H19N3O2. The molecule has 5 heteroatoms. The average molecular weight is 225 g/mol. The smallest absolute Gasteiger partial charge is 0.246 e. The van der Waals surface area contributed by atoms with Gasteiger partial charge in [-0.25, -0.2) is 0 Å². The molecule has 1 aliphatic rings. The molecule has 0 saturated carbocycles. The van der Waals surface area contributed by atoms with E-state index in [1.165, 1.54) is 0 Å². The predicted molar refractivity (Wildman–Crippen MR) is 61.9 cm³/mol. The van der Waals surface area contributed by atoms with Crippen molar-refractivity contribution in [3.63, 3.8) is 0 Å². The van der Waals surface area contributed by atoms with Crippen molar-refractivity contribution in [2.75, 3.05) is 32.8 Å². The van der Waals surface area contributed by atoms with Crippen LogP contribution in [0.5, 0.6) is 0 Å². The third-order valence-electron chi connectivity index (χ3n) is 2.40. The minimum atomic E-state index is -0.259. The monoisotopic (exact) mass is 225 g/mol. The number of nitrogens with zero attached hydrogens (tertiary/aromatic N) is 1. The van der Waals surface area contributed by atoms with Crippen molar-refractivity contribution in [2.24, 2.45) is 0 Å². The maximum absolute atomic E-state index is 11.5. The SMILES string of the molecule is C=C(C)C(=O)NCC(=O)CN1CCCNC1. The first-order chi connectivity index (χ1) is 7.59. The van der Waals surface area contributed by atoms with Gasteiger partial charge in [-0.1, -0.05) is 6.58 Å². The van der Waals surface area contributed by atoms with Gasteiger partial charge in [0.2, 0.25) is 5.91 Å². The Morgan fingerprint density at radius 3 is 2.81 bits per heavy atom. The van der Waals surface area contributed by atoms with Crippen LogP contribution in [0.3, 0.4) is 0 Å². The Hall–Kier alpha value is -1.20. The Morgan fingerprint density at radius 1 is 1.50 bits per heavy atom. The molecule has 0 radical (unpaired) electrons. The summed E-state index contributed by atoms with van der Waals surface area (Å²) in [6, 6.07) is 0. The minimum Gasteiger partial charge on any atom is -0.345 e. The molecule has 1 amide bonds. The number of nitrogens with one attached hydrogen (secondary N) is 2. The van der Waals surface area contributed by atoms with E-state index in [9.17, 15) is 9.59 Å². The van der Waals surface area contributed by atoms with Crippen LogP contribution in [0.2, 0.25) is 0 Å². The van der Waals surface area contributed by atoms with E-state index in [0.29, 0.717) is 12.1 Å². The predicted octanol–water partition coefficient (Wildman–Crippen LogP) is -0.499. The van der Waals surface area contributed by atoms with Gasteiger partial charge in [0.25, 0.3) is 0 Å². The highest BCUT2D eigenvalue weighted by atomic mass is 16.2. The second-order valence-corrected chi connectivity index (χ2v) is 4.07. The standard InChI is InChI=1S/C11H19N3O2/c1-9(2)11(16)13-6-10(15)7-14-5-3-4-12-8-14/h12H,1,3-8H2,2H3,(H,13,16). The topological polar surface area (TPSA) is 61.4 Å². The molecule has 0 spiro atoms. The molecule has 1 fully saturated rings. The molecule has 16 heavy (non-hydrogen) atoms. The number of Topliss-reactive ketones (excluding diaryl/α,β-unsaturated/α-hetero) is 1. The summed E-state index contributed by atoms with van der Waals surface area (Å²) in [6.07, 6.45) is 1.06. The van der Waals surface area contributed by atoms with Gasteiger partial charge in [0.15, 0.2) is 5.78 Å². The van der Waals surface area contributed by atoms with Crippen LogP contribution >= 0.6 is 0 Å². The number of ketones is 1. The van der Waals surface area contributed by atoms with Gasteiger partial charge >= 0.3 is 0 Å². The van der Waals surface area contributed by atoms with Crippen molar-refractivity contribution in [3.8, 4) is 0 Å². The Labute approximate surface area is 95.9 Å². The second kappa shape index (κ2) is 6.40. The van der Waals surface area contributed by atoms with Crippen LogP contribution in [0, 0.1) is 0 Å². The molecule has 0 aromatic rings. The van der Waals surface area contributed by atoms with E-state index in [2.05, 4.69) is 17.2 Å². The molecule has 2 N–H and O–H groups in total. The van der Waals surface area contributed by atoms with Gasteiger partial charge in [-0.2, -0.15) is 0 Å². The molecule has 0 bridgehead atoms. The number of rotatable bonds is 5. The number of carbonyl (C=O) groups excluding carboxylic acids is 2. The molecule has 1 saturated heterocycles. The fraction of sp³-hybridized carbons (Fsp3) is 0.636. The Balaban J connectivity index is 2.19. The zero-order chi connectivity index (χ0) is 12.0. The fourth-order valence-electron chi connectivity index (χ4n) is 1.51. The maximum Gasteiger partial charge on any atom is 0.246 e. The van der Waals surface area contributed by atoms with Crippen LogP contribution in [-0.2, 0) is 9.59 Å². The van der Waals surface area contributed by atoms with Crippen molar-refractivity contribution < 1.29 is 9.59 Å². The van der Waals surface area contributed by atoms with Crippen LogP contribution in [0.4, 0.5) is 0 Å². The fourth-order valence-corrected chi connectivity index (χ4v) is 1.51. The van der Waals surface area contributed by atoms with E-state index in [1.54, 1.807) is 6.92 Å². The highest BCUT2D eigenvalue weighted by molar-refractivity contribution is 5.95. The van der Waals surface area contributed by atoms with Gasteiger partial charge in [-0.15, -0.1) is 0 Å². The van der Waals surface area contributed by atoms with Crippen LogP contribution < -0.4 is 10.6 Å². The maximum atomic E-state index is 11.5.